The summed E-state index contributed by atoms with van der Waals surface area (Å²) in [5.41, 5.74) is 1.67. The third-order valence-electron chi connectivity index (χ3n) is 6.19. The number of amides is 4. The minimum Gasteiger partial charge on any atom is -0.495 e. The van der Waals surface area contributed by atoms with Gasteiger partial charge in [0.2, 0.25) is 0 Å². The van der Waals surface area contributed by atoms with Crippen LogP contribution in [0.4, 0.5) is 45.5 Å². The maximum Gasteiger partial charge on any atom is 0.418 e. The molecule has 0 aromatic heterocycles. The molecule has 0 saturated carbocycles. The van der Waals surface area contributed by atoms with Gasteiger partial charge in [-0.15, -0.1) is 0 Å². The molecule has 12 heteroatoms. The first-order chi connectivity index (χ1) is 18.5. The Balaban J connectivity index is 1.31. The fraction of sp³-hybridized carbons (Fsp3) is 0.259. The molecule has 1 saturated heterocycles. The second kappa shape index (κ2) is 11.7. The molecule has 8 nitrogen and oxygen atoms in total. The summed E-state index contributed by atoms with van der Waals surface area (Å²) in [4.78, 5) is 28.6. The number of rotatable bonds is 5. The molecule has 0 unspecified atom stereocenters. The first kappa shape index (κ1) is 27.9. The van der Waals surface area contributed by atoms with Gasteiger partial charge in [-0.25, -0.2) is 9.59 Å². The second-order valence-corrected chi connectivity index (χ2v) is 9.36. The molecule has 0 radical (unpaired) electrons. The number of methoxy groups -OCH3 is 1. The van der Waals surface area contributed by atoms with Crippen LogP contribution in [0.1, 0.15) is 11.1 Å². The first-order valence-electron chi connectivity index (χ1n) is 12.0. The molecular formula is C27H27ClF3N5O3. The normalized spacial score (nSPS) is 13.6. The molecule has 4 rings (SSSR count). The molecular weight excluding hydrogens is 535 g/mol. The Labute approximate surface area is 228 Å². The van der Waals surface area contributed by atoms with Gasteiger partial charge in [-0.05, 0) is 67.1 Å². The summed E-state index contributed by atoms with van der Waals surface area (Å²) in [6, 6.07) is 14.9. The van der Waals surface area contributed by atoms with Gasteiger partial charge in [-0.2, -0.15) is 13.2 Å². The van der Waals surface area contributed by atoms with E-state index < -0.39 is 23.8 Å². The highest BCUT2D eigenvalue weighted by Gasteiger charge is 2.34. The van der Waals surface area contributed by atoms with Crippen molar-refractivity contribution >= 4 is 46.4 Å². The van der Waals surface area contributed by atoms with E-state index in [2.05, 4.69) is 20.9 Å². The number of ether oxygens (including phenoxy) is 1. The van der Waals surface area contributed by atoms with Crippen LogP contribution in [0.25, 0.3) is 0 Å². The minimum absolute atomic E-state index is 0.0673. The van der Waals surface area contributed by atoms with Crippen molar-refractivity contribution in [3.8, 4) is 5.75 Å². The topological polar surface area (TPSA) is 85.9 Å². The lowest BCUT2D eigenvalue weighted by atomic mass is 10.1. The van der Waals surface area contributed by atoms with E-state index in [-0.39, 0.29) is 10.7 Å². The molecule has 3 aromatic carbocycles. The Morgan fingerprint density at radius 1 is 0.872 bits per heavy atom. The number of halogens is 4. The molecule has 4 amide bonds. The van der Waals surface area contributed by atoms with E-state index in [4.69, 9.17) is 16.3 Å². The predicted octanol–water partition coefficient (Wildman–Crippen LogP) is 6.67. The fourth-order valence-electron chi connectivity index (χ4n) is 4.18. The molecule has 1 heterocycles. The van der Waals surface area contributed by atoms with Crippen LogP contribution in [0.3, 0.4) is 0 Å². The molecule has 1 aliphatic rings. The number of alkyl halides is 3. The van der Waals surface area contributed by atoms with Gasteiger partial charge >= 0.3 is 18.2 Å². The molecule has 0 aliphatic carbocycles. The number of carbonyl (C=O) groups excluding carboxylic acids is 2. The highest BCUT2D eigenvalue weighted by molar-refractivity contribution is 6.30. The van der Waals surface area contributed by atoms with Gasteiger partial charge in [-0.1, -0.05) is 17.7 Å². The zero-order valence-corrected chi connectivity index (χ0v) is 22.0. The van der Waals surface area contributed by atoms with Crippen molar-refractivity contribution in [1.29, 1.82) is 0 Å². The van der Waals surface area contributed by atoms with E-state index in [1.54, 1.807) is 18.2 Å². The smallest absolute Gasteiger partial charge is 0.418 e. The Morgan fingerprint density at radius 3 is 2.21 bits per heavy atom. The van der Waals surface area contributed by atoms with Crippen molar-refractivity contribution in [3.63, 3.8) is 0 Å². The third kappa shape index (κ3) is 7.05. The van der Waals surface area contributed by atoms with E-state index in [9.17, 15) is 22.8 Å². The van der Waals surface area contributed by atoms with Gasteiger partial charge in [0.1, 0.15) is 5.75 Å². The summed E-state index contributed by atoms with van der Waals surface area (Å²) >= 11 is 5.71. The summed E-state index contributed by atoms with van der Waals surface area (Å²) < 4.78 is 45.3. The maximum absolute atomic E-state index is 13.3. The SMILES string of the molecule is COc1ccc(C)cc1NC(=O)Nc1ccc(N2CCN(C(=O)Nc3ccc(Cl)cc3C(F)(F)F)CC2)cc1. The molecule has 0 spiro atoms. The average Bonchev–Trinajstić information content (AvgIpc) is 2.90. The van der Waals surface area contributed by atoms with E-state index in [1.165, 1.54) is 18.1 Å². The predicted molar refractivity (Wildman–Crippen MR) is 146 cm³/mol. The number of nitrogens with one attached hydrogen (secondary N) is 3. The average molecular weight is 562 g/mol. The summed E-state index contributed by atoms with van der Waals surface area (Å²) in [5.74, 6) is 0.549. The first-order valence-corrected chi connectivity index (χ1v) is 12.4. The Morgan fingerprint density at radius 2 is 1.56 bits per heavy atom. The largest absolute Gasteiger partial charge is 0.495 e. The van der Waals surface area contributed by atoms with Crippen LogP contribution in [0, 0.1) is 6.92 Å². The number of nitrogens with zero attached hydrogens (tertiary/aromatic N) is 2. The Hall–Kier alpha value is -4.12. The van der Waals surface area contributed by atoms with Crippen molar-refractivity contribution in [3.05, 3.63) is 76.8 Å². The standard InChI is InChI=1S/C27H27ClF3N5O3/c1-17-3-10-24(39-2)23(15-17)33-25(37)32-19-5-7-20(8-6-19)35-11-13-36(14-12-35)26(38)34-22-9-4-18(28)16-21(22)27(29,30)31/h3-10,15-16H,11-14H2,1-2H3,(H,34,38)(H2,32,33,37). The number of benzene rings is 3. The van der Waals surface area contributed by atoms with Gasteiger partial charge in [0, 0.05) is 42.6 Å². The van der Waals surface area contributed by atoms with E-state index in [1.807, 2.05) is 31.2 Å². The lowest BCUT2D eigenvalue weighted by Gasteiger charge is -2.36. The summed E-state index contributed by atoms with van der Waals surface area (Å²) in [6.07, 6.45) is -4.65. The quantitative estimate of drug-likeness (QED) is 0.325. The maximum atomic E-state index is 13.3. The highest BCUT2D eigenvalue weighted by atomic mass is 35.5. The molecule has 0 atom stereocenters. The number of urea groups is 2. The van der Waals surface area contributed by atoms with Gasteiger partial charge in [0.15, 0.2) is 0 Å². The van der Waals surface area contributed by atoms with Gasteiger partial charge in [0.25, 0.3) is 0 Å². The molecule has 3 aromatic rings. The number of carbonyl (C=O) groups is 2. The highest BCUT2D eigenvalue weighted by Crippen LogP contribution is 2.36. The van der Waals surface area contributed by atoms with E-state index >= 15 is 0 Å². The molecule has 3 N–H and O–H groups in total. The number of aryl methyl sites for hydroxylation is 1. The fourth-order valence-corrected chi connectivity index (χ4v) is 4.35. The number of piperazine rings is 1. The third-order valence-corrected chi connectivity index (χ3v) is 6.42. The minimum atomic E-state index is -4.65. The van der Waals surface area contributed by atoms with Crippen molar-refractivity contribution in [2.45, 2.75) is 13.1 Å². The lowest BCUT2D eigenvalue weighted by Crippen LogP contribution is -2.50. The van der Waals surface area contributed by atoms with Crippen LogP contribution in [0.15, 0.2) is 60.7 Å². The summed E-state index contributed by atoms with van der Waals surface area (Å²) in [6.45, 7) is 3.53. The Bertz CT molecular complexity index is 1340. The zero-order valence-electron chi connectivity index (χ0n) is 21.2. The Kier molecular flexibility index (Phi) is 8.39. The molecule has 1 fully saturated rings. The monoisotopic (exact) mass is 561 g/mol. The molecule has 1 aliphatic heterocycles. The van der Waals surface area contributed by atoms with Crippen molar-refractivity contribution < 1.29 is 27.5 Å². The van der Waals surface area contributed by atoms with Crippen LogP contribution in [0.2, 0.25) is 5.02 Å². The van der Waals surface area contributed by atoms with Crippen LogP contribution in [-0.4, -0.2) is 50.3 Å². The van der Waals surface area contributed by atoms with Crippen LogP contribution in [0.5, 0.6) is 5.75 Å². The van der Waals surface area contributed by atoms with Crippen LogP contribution >= 0.6 is 11.6 Å². The van der Waals surface area contributed by atoms with Gasteiger partial charge in [-0.3, -0.25) is 0 Å². The van der Waals surface area contributed by atoms with Crippen molar-refractivity contribution in [1.82, 2.24) is 4.90 Å². The van der Waals surface area contributed by atoms with Gasteiger partial charge < -0.3 is 30.5 Å². The number of hydrogen-bond donors (Lipinski definition) is 3. The zero-order chi connectivity index (χ0) is 28.2. The van der Waals surface area contributed by atoms with Crippen LogP contribution < -0.4 is 25.6 Å². The van der Waals surface area contributed by atoms with Crippen LogP contribution in [-0.2, 0) is 6.18 Å². The van der Waals surface area contributed by atoms with E-state index in [0.29, 0.717) is 43.3 Å². The number of anilines is 4. The van der Waals surface area contributed by atoms with E-state index in [0.717, 1.165) is 23.4 Å². The lowest BCUT2D eigenvalue weighted by molar-refractivity contribution is -0.136. The van der Waals surface area contributed by atoms with Gasteiger partial charge in [0.05, 0.1) is 24.0 Å². The second-order valence-electron chi connectivity index (χ2n) is 8.92. The van der Waals surface area contributed by atoms with Crippen molar-refractivity contribution in [2.75, 3.05) is 54.1 Å². The number of hydrogen-bond acceptors (Lipinski definition) is 4. The summed E-state index contributed by atoms with van der Waals surface area (Å²) in [5, 5.41) is 7.85. The molecule has 206 valence electrons. The van der Waals surface area contributed by atoms with Crippen molar-refractivity contribution in [2.24, 2.45) is 0 Å². The molecule has 39 heavy (non-hydrogen) atoms. The summed E-state index contributed by atoms with van der Waals surface area (Å²) in [7, 11) is 1.53. The molecule has 0 bridgehead atoms.